The third-order valence-electron chi connectivity index (χ3n) is 1.81. The van der Waals surface area contributed by atoms with Gasteiger partial charge in [0, 0.05) is 11.1 Å². The van der Waals surface area contributed by atoms with Crippen LogP contribution < -0.4 is 0 Å². The van der Waals surface area contributed by atoms with Gasteiger partial charge in [-0.25, -0.2) is 9.59 Å². The average Bonchev–Trinajstić information content (AvgIpc) is 2.28. The third kappa shape index (κ3) is 12.4. The lowest BCUT2D eigenvalue weighted by Crippen LogP contribution is -2.05. The molecule has 0 aliphatic heterocycles. The molecule has 1 N–H and O–H groups in total. The molecule has 0 fully saturated rings. The van der Waals surface area contributed by atoms with Crippen molar-refractivity contribution in [2.24, 2.45) is 0 Å². The van der Waals surface area contributed by atoms with Gasteiger partial charge in [-0.1, -0.05) is 33.4 Å². The summed E-state index contributed by atoms with van der Waals surface area (Å²) in [6, 6.07) is 0. The molecule has 0 rings (SSSR count). The Balaban J connectivity index is 0. The van der Waals surface area contributed by atoms with Crippen molar-refractivity contribution in [2.75, 3.05) is 6.61 Å². The van der Waals surface area contributed by atoms with Gasteiger partial charge in [0.05, 0.1) is 6.61 Å². The molecule has 4 nitrogen and oxygen atoms in total. The van der Waals surface area contributed by atoms with Crippen molar-refractivity contribution >= 4 is 11.9 Å². The molecular weight excluding hydrogens is 220 g/mol. The van der Waals surface area contributed by atoms with E-state index in [2.05, 4.69) is 20.1 Å². The minimum atomic E-state index is -0.900. The zero-order chi connectivity index (χ0) is 13.8. The van der Waals surface area contributed by atoms with E-state index in [0.29, 0.717) is 18.6 Å². The van der Waals surface area contributed by atoms with Crippen LogP contribution in [-0.4, -0.2) is 23.7 Å². The number of carbonyl (C=O) groups is 2. The molecule has 0 saturated carbocycles. The van der Waals surface area contributed by atoms with Crippen LogP contribution in [0.5, 0.6) is 0 Å². The van der Waals surface area contributed by atoms with Crippen molar-refractivity contribution in [2.45, 2.75) is 40.0 Å². The fraction of sp³-hybridized carbons (Fsp3) is 0.538. The predicted molar refractivity (Wildman–Crippen MR) is 67.7 cm³/mol. The zero-order valence-corrected chi connectivity index (χ0v) is 10.9. The Morgan fingerprint density at radius 2 is 1.76 bits per heavy atom. The van der Waals surface area contributed by atoms with Crippen molar-refractivity contribution in [3.63, 3.8) is 0 Å². The normalized spacial score (nSPS) is 8.65. The van der Waals surface area contributed by atoms with Gasteiger partial charge in [-0.05, 0) is 19.8 Å². The highest BCUT2D eigenvalue weighted by atomic mass is 16.5. The number of hydrogen-bond acceptors (Lipinski definition) is 3. The van der Waals surface area contributed by atoms with Crippen molar-refractivity contribution < 1.29 is 19.4 Å². The Bertz CT molecular complexity index is 279. The van der Waals surface area contributed by atoms with Crippen LogP contribution in [-0.2, 0) is 14.3 Å². The minimum Gasteiger partial charge on any atom is -0.478 e. The molecule has 0 aromatic carbocycles. The topological polar surface area (TPSA) is 63.6 Å². The summed E-state index contributed by atoms with van der Waals surface area (Å²) in [6.45, 7) is 12.7. The van der Waals surface area contributed by atoms with Crippen LogP contribution in [0.2, 0.25) is 0 Å². The van der Waals surface area contributed by atoms with Gasteiger partial charge in [-0.2, -0.15) is 0 Å². The highest BCUT2D eigenvalue weighted by molar-refractivity contribution is 5.86. The van der Waals surface area contributed by atoms with Crippen LogP contribution in [0.25, 0.3) is 0 Å². The zero-order valence-electron chi connectivity index (χ0n) is 10.9. The maximum atomic E-state index is 10.7. The molecule has 17 heavy (non-hydrogen) atoms. The van der Waals surface area contributed by atoms with Gasteiger partial charge in [-0.3, -0.25) is 0 Å². The average molecular weight is 242 g/mol. The quantitative estimate of drug-likeness (QED) is 0.442. The number of rotatable bonds is 6. The second-order valence-electron chi connectivity index (χ2n) is 3.53. The molecule has 0 unspecified atom stereocenters. The van der Waals surface area contributed by atoms with Crippen molar-refractivity contribution in [3.8, 4) is 0 Å². The van der Waals surface area contributed by atoms with Crippen LogP contribution in [0, 0.1) is 0 Å². The number of unbranched alkanes of at least 4 members (excludes halogenated alkanes) is 1. The molecule has 98 valence electrons. The van der Waals surface area contributed by atoms with Gasteiger partial charge in [0.2, 0.25) is 0 Å². The molecule has 0 radical (unpaired) electrons. The first-order valence-corrected chi connectivity index (χ1v) is 5.60. The lowest BCUT2D eigenvalue weighted by Gasteiger charge is -2.01. The molecular formula is C13H22O4. The van der Waals surface area contributed by atoms with Gasteiger partial charge in [0.1, 0.15) is 0 Å². The Labute approximate surface area is 103 Å². The summed E-state index contributed by atoms with van der Waals surface area (Å²) in [5.41, 5.74) is 0.733. The number of hydrogen-bond donors (Lipinski definition) is 1. The second-order valence-corrected chi connectivity index (χ2v) is 3.53. The number of carboxylic acid groups (broad SMARTS) is 1. The largest absolute Gasteiger partial charge is 0.478 e. The lowest BCUT2D eigenvalue weighted by atomic mass is 10.2. The summed E-state index contributed by atoms with van der Waals surface area (Å²) in [5.74, 6) is -1.18. The number of aliphatic carboxylic acids is 1. The van der Waals surface area contributed by atoms with Crippen LogP contribution in [0.1, 0.15) is 40.0 Å². The number of carboxylic acids is 1. The van der Waals surface area contributed by atoms with Crippen LogP contribution in [0.4, 0.5) is 0 Å². The highest BCUT2D eigenvalue weighted by Gasteiger charge is 2.00. The van der Waals surface area contributed by atoms with Crippen molar-refractivity contribution in [3.05, 3.63) is 24.3 Å². The second kappa shape index (κ2) is 10.9. The molecule has 0 spiro atoms. The SMILES string of the molecule is C=C(C)C(=O)OCCCC.C=C(CC)C(=O)O. The number of esters is 1. The number of carbonyl (C=O) groups excluding carboxylic acids is 1. The molecule has 0 aromatic rings. The Morgan fingerprint density at radius 3 is 2.00 bits per heavy atom. The van der Waals surface area contributed by atoms with Crippen molar-refractivity contribution in [1.29, 1.82) is 0 Å². The molecule has 0 aliphatic carbocycles. The van der Waals surface area contributed by atoms with Gasteiger partial charge in [0.25, 0.3) is 0 Å². The van der Waals surface area contributed by atoms with Crippen molar-refractivity contribution in [1.82, 2.24) is 0 Å². The van der Waals surface area contributed by atoms with Crippen LogP contribution in [0.15, 0.2) is 24.3 Å². The molecule has 0 saturated heterocycles. The summed E-state index contributed by atoms with van der Waals surface area (Å²) >= 11 is 0. The van der Waals surface area contributed by atoms with Gasteiger partial charge in [0.15, 0.2) is 0 Å². The molecule has 4 heteroatoms. The van der Waals surface area contributed by atoms with E-state index >= 15 is 0 Å². The van der Waals surface area contributed by atoms with E-state index in [4.69, 9.17) is 9.84 Å². The summed E-state index contributed by atoms with van der Waals surface area (Å²) in [6.07, 6.45) is 2.50. The fourth-order valence-electron chi connectivity index (χ4n) is 0.584. The van der Waals surface area contributed by atoms with Gasteiger partial charge in [-0.15, -0.1) is 0 Å². The molecule has 0 aromatic heterocycles. The monoisotopic (exact) mass is 242 g/mol. The lowest BCUT2D eigenvalue weighted by molar-refractivity contribution is -0.139. The maximum Gasteiger partial charge on any atom is 0.333 e. The highest BCUT2D eigenvalue weighted by Crippen LogP contribution is 1.94. The van der Waals surface area contributed by atoms with E-state index in [1.54, 1.807) is 13.8 Å². The summed E-state index contributed by atoms with van der Waals surface area (Å²) in [5, 5.41) is 8.08. The summed E-state index contributed by atoms with van der Waals surface area (Å²) < 4.78 is 4.81. The minimum absolute atomic E-state index is 0.264. The fourth-order valence-corrected chi connectivity index (χ4v) is 0.584. The molecule has 0 heterocycles. The van der Waals surface area contributed by atoms with E-state index in [9.17, 15) is 9.59 Å². The number of ether oxygens (including phenoxy) is 1. The van der Waals surface area contributed by atoms with E-state index in [-0.39, 0.29) is 11.5 Å². The van der Waals surface area contributed by atoms with Gasteiger partial charge >= 0.3 is 11.9 Å². The summed E-state index contributed by atoms with van der Waals surface area (Å²) in [7, 11) is 0. The Hall–Kier alpha value is -1.58. The molecule has 0 atom stereocenters. The van der Waals surface area contributed by atoms with E-state index in [0.717, 1.165) is 12.8 Å². The summed E-state index contributed by atoms with van der Waals surface area (Å²) in [4.78, 5) is 20.5. The Kier molecular flexibility index (Phi) is 11.4. The maximum absolute atomic E-state index is 10.7. The van der Waals surface area contributed by atoms with Gasteiger partial charge < -0.3 is 9.84 Å². The van der Waals surface area contributed by atoms with E-state index in [1.807, 2.05) is 0 Å². The Morgan fingerprint density at radius 1 is 1.24 bits per heavy atom. The van der Waals surface area contributed by atoms with E-state index < -0.39 is 5.97 Å². The first kappa shape index (κ1) is 17.8. The molecule has 0 amide bonds. The van der Waals surface area contributed by atoms with Crippen LogP contribution in [0.3, 0.4) is 0 Å². The smallest absolute Gasteiger partial charge is 0.333 e. The first-order valence-electron chi connectivity index (χ1n) is 5.60. The molecule has 0 bridgehead atoms. The molecule has 0 aliphatic rings. The van der Waals surface area contributed by atoms with Crippen LogP contribution >= 0.6 is 0 Å². The third-order valence-corrected chi connectivity index (χ3v) is 1.81. The van der Waals surface area contributed by atoms with E-state index in [1.165, 1.54) is 0 Å². The standard InChI is InChI=1S/C8H14O2.C5H8O2/c1-4-5-6-10-8(9)7(2)3;1-3-4(2)5(6)7/h2,4-6H2,1,3H3;2-3H2,1H3,(H,6,7). The first-order chi connectivity index (χ1) is 7.86. The predicted octanol–water partition coefficient (Wildman–Crippen LogP) is 2.94.